The average Bonchev–Trinajstić information content (AvgIpc) is 3.05. The van der Waals surface area contributed by atoms with Crippen LogP contribution in [0.1, 0.15) is 25.8 Å². The molecule has 0 spiro atoms. The number of fused-ring (bicyclic) bond motifs is 1. The Balaban J connectivity index is 2.04. The molecule has 3 rings (SSSR count). The van der Waals surface area contributed by atoms with Gasteiger partial charge in [-0.05, 0) is 38.0 Å². The van der Waals surface area contributed by atoms with Crippen LogP contribution in [0.4, 0.5) is 18.9 Å². The molecule has 11 heteroatoms. The lowest BCUT2D eigenvalue weighted by Gasteiger charge is -2.13. The lowest BCUT2D eigenvalue weighted by atomic mass is 10.1. The number of halogens is 3. The lowest BCUT2D eigenvalue weighted by Crippen LogP contribution is -2.29. The van der Waals surface area contributed by atoms with Gasteiger partial charge in [-0.15, -0.1) is 0 Å². The number of nitrogens with zero attached hydrogens (tertiary/aromatic N) is 3. The Morgan fingerprint density at radius 3 is 2.62 bits per heavy atom. The zero-order valence-corrected chi connectivity index (χ0v) is 18.1. The number of hydrogen-bond donors (Lipinski definition) is 2. The van der Waals surface area contributed by atoms with E-state index < -0.39 is 12.1 Å². The first-order chi connectivity index (χ1) is 15.1. The van der Waals surface area contributed by atoms with Gasteiger partial charge in [-0.1, -0.05) is 24.4 Å². The molecular formula is C21H20F3N5O2S. The molecule has 0 aliphatic heterocycles. The third-order valence-electron chi connectivity index (χ3n) is 4.60. The monoisotopic (exact) mass is 463 g/mol. The Morgan fingerprint density at radius 1 is 1.34 bits per heavy atom. The number of aryl methyl sites for hydroxylation is 1. The Morgan fingerprint density at radius 2 is 2.03 bits per heavy atom. The van der Waals surface area contributed by atoms with E-state index >= 15 is 0 Å². The number of aromatic nitrogens is 3. The number of nitrogens with one attached hydrogen (secondary N) is 2. The number of alkyl halides is 3. The van der Waals surface area contributed by atoms with Gasteiger partial charge in [0.15, 0.2) is 0 Å². The van der Waals surface area contributed by atoms with E-state index in [0.717, 1.165) is 0 Å². The minimum Gasteiger partial charge on any atom is -0.379 e. The van der Waals surface area contributed by atoms with Crippen LogP contribution in [0.5, 0.6) is 0 Å². The fourth-order valence-electron chi connectivity index (χ4n) is 3.27. The van der Waals surface area contributed by atoms with Crippen molar-refractivity contribution in [2.24, 2.45) is 0 Å². The molecule has 168 valence electrons. The summed E-state index contributed by atoms with van der Waals surface area (Å²) >= 11 is 5.42. The standard InChI is InChI=1S/C21H20F3N5O2S/c1-12(2)31-9-3-8-29-17(15(10-25)16-18(29)19(32)27-11-26-16)13-4-6-14(7-5-13)28-20(30)21(22,23)24/h4-7,11-12H,3,8-9H2,1-2H3,(H,28,30)(H,26,27,32). The van der Waals surface area contributed by atoms with Crippen LogP contribution in [0.25, 0.3) is 22.3 Å². The van der Waals surface area contributed by atoms with Crippen LogP contribution in [0.15, 0.2) is 30.6 Å². The smallest absolute Gasteiger partial charge is 0.379 e. The average molecular weight is 463 g/mol. The second-order valence-corrected chi connectivity index (χ2v) is 7.63. The highest BCUT2D eigenvalue weighted by atomic mass is 32.1. The van der Waals surface area contributed by atoms with Crippen LogP contribution in [-0.4, -0.2) is 39.3 Å². The Kier molecular flexibility index (Phi) is 6.96. The highest BCUT2D eigenvalue weighted by molar-refractivity contribution is 7.71. The van der Waals surface area contributed by atoms with Crippen molar-refractivity contribution in [2.75, 3.05) is 11.9 Å². The second kappa shape index (κ2) is 9.50. The van der Waals surface area contributed by atoms with Gasteiger partial charge in [0, 0.05) is 18.8 Å². The van der Waals surface area contributed by atoms with Crippen LogP contribution in [0, 0.1) is 16.0 Å². The Hall–Kier alpha value is -3.23. The van der Waals surface area contributed by atoms with Crippen LogP contribution < -0.4 is 5.32 Å². The fraction of sp³-hybridized carbons (Fsp3) is 0.333. The Labute approximate surface area is 186 Å². The van der Waals surface area contributed by atoms with E-state index in [1.807, 2.05) is 18.4 Å². The van der Waals surface area contributed by atoms with Crippen molar-refractivity contribution in [1.29, 1.82) is 5.26 Å². The predicted octanol–water partition coefficient (Wildman–Crippen LogP) is 4.95. The van der Waals surface area contributed by atoms with E-state index in [2.05, 4.69) is 16.0 Å². The molecule has 0 atom stereocenters. The molecule has 2 heterocycles. The highest BCUT2D eigenvalue weighted by Gasteiger charge is 2.38. The molecule has 0 radical (unpaired) electrons. The Bertz CT molecular complexity index is 1220. The first-order valence-electron chi connectivity index (χ1n) is 9.73. The molecule has 2 N–H and O–H groups in total. The maximum Gasteiger partial charge on any atom is 0.471 e. The van der Waals surface area contributed by atoms with Gasteiger partial charge >= 0.3 is 12.1 Å². The molecule has 0 aliphatic rings. The minimum atomic E-state index is -4.99. The van der Waals surface area contributed by atoms with Gasteiger partial charge in [-0.2, -0.15) is 18.4 Å². The van der Waals surface area contributed by atoms with Crippen LogP contribution in [0.2, 0.25) is 0 Å². The molecular weight excluding hydrogens is 443 g/mol. The predicted molar refractivity (Wildman–Crippen MR) is 115 cm³/mol. The first kappa shape index (κ1) is 23.4. The van der Waals surface area contributed by atoms with Crippen molar-refractivity contribution >= 4 is 34.8 Å². The second-order valence-electron chi connectivity index (χ2n) is 7.22. The van der Waals surface area contributed by atoms with Crippen LogP contribution in [0.3, 0.4) is 0 Å². The molecule has 1 amide bonds. The van der Waals surface area contributed by atoms with Crippen molar-refractivity contribution in [3.8, 4) is 17.3 Å². The lowest BCUT2D eigenvalue weighted by molar-refractivity contribution is -0.167. The van der Waals surface area contributed by atoms with Gasteiger partial charge in [0.05, 0.1) is 18.1 Å². The number of carbonyl (C=O) groups is 1. The van der Waals surface area contributed by atoms with Crippen molar-refractivity contribution in [3.63, 3.8) is 0 Å². The van der Waals surface area contributed by atoms with E-state index in [0.29, 0.717) is 52.1 Å². The van der Waals surface area contributed by atoms with Gasteiger partial charge in [-0.3, -0.25) is 4.79 Å². The number of H-pyrrole nitrogens is 1. The third kappa shape index (κ3) is 4.98. The topological polar surface area (TPSA) is 95.7 Å². The van der Waals surface area contributed by atoms with E-state index in [1.165, 1.54) is 30.6 Å². The summed E-state index contributed by atoms with van der Waals surface area (Å²) in [4.78, 5) is 18.3. The third-order valence-corrected chi connectivity index (χ3v) is 4.92. The van der Waals surface area contributed by atoms with E-state index in [4.69, 9.17) is 17.0 Å². The molecule has 3 aromatic rings. The summed E-state index contributed by atoms with van der Waals surface area (Å²) < 4.78 is 45.4. The molecule has 0 bridgehead atoms. The first-order valence-corrected chi connectivity index (χ1v) is 10.1. The summed E-state index contributed by atoms with van der Waals surface area (Å²) in [5.74, 6) is -2.06. The van der Waals surface area contributed by atoms with Gasteiger partial charge in [0.2, 0.25) is 0 Å². The minimum absolute atomic E-state index is 0.0157. The van der Waals surface area contributed by atoms with Gasteiger partial charge in [0.25, 0.3) is 0 Å². The molecule has 2 aromatic heterocycles. The van der Waals surface area contributed by atoms with Crippen molar-refractivity contribution < 1.29 is 22.7 Å². The molecule has 0 fully saturated rings. The van der Waals surface area contributed by atoms with Crippen LogP contribution in [-0.2, 0) is 16.1 Å². The number of anilines is 1. The summed E-state index contributed by atoms with van der Waals surface area (Å²) in [5.41, 5.74) is 2.43. The maximum atomic E-state index is 12.5. The number of aromatic amines is 1. The number of benzene rings is 1. The quantitative estimate of drug-likeness (QED) is 0.382. The summed E-state index contributed by atoms with van der Waals surface area (Å²) in [6.45, 7) is 4.85. The number of hydrogen-bond acceptors (Lipinski definition) is 5. The normalized spacial score (nSPS) is 11.7. The zero-order valence-electron chi connectivity index (χ0n) is 17.3. The number of carbonyl (C=O) groups excluding carboxylic acids is 1. The highest BCUT2D eigenvalue weighted by Crippen LogP contribution is 2.33. The summed E-state index contributed by atoms with van der Waals surface area (Å²) in [7, 11) is 0. The van der Waals surface area contributed by atoms with Crippen molar-refractivity contribution in [1.82, 2.24) is 14.5 Å². The summed E-state index contributed by atoms with van der Waals surface area (Å²) in [6, 6.07) is 7.93. The maximum absolute atomic E-state index is 12.5. The van der Waals surface area contributed by atoms with E-state index in [1.54, 1.807) is 5.32 Å². The molecule has 0 unspecified atom stereocenters. The van der Waals surface area contributed by atoms with Gasteiger partial charge in [0.1, 0.15) is 27.3 Å². The van der Waals surface area contributed by atoms with E-state index in [9.17, 15) is 23.2 Å². The van der Waals surface area contributed by atoms with Gasteiger partial charge < -0.3 is 19.6 Å². The molecule has 7 nitrogen and oxygen atoms in total. The number of rotatable bonds is 7. The molecule has 0 aliphatic carbocycles. The number of ether oxygens (including phenoxy) is 1. The van der Waals surface area contributed by atoms with Crippen LogP contribution >= 0.6 is 12.2 Å². The van der Waals surface area contributed by atoms with E-state index in [-0.39, 0.29) is 11.8 Å². The molecule has 32 heavy (non-hydrogen) atoms. The van der Waals surface area contributed by atoms with Crippen molar-refractivity contribution in [2.45, 2.75) is 39.1 Å². The summed E-state index contributed by atoms with van der Waals surface area (Å²) in [6.07, 6.45) is -2.85. The van der Waals surface area contributed by atoms with Gasteiger partial charge in [-0.25, -0.2) is 4.98 Å². The molecule has 1 aromatic carbocycles. The zero-order chi connectivity index (χ0) is 23.5. The number of amides is 1. The van der Waals surface area contributed by atoms with Crippen molar-refractivity contribution in [3.05, 3.63) is 40.8 Å². The number of nitriles is 1. The molecule has 0 saturated carbocycles. The largest absolute Gasteiger partial charge is 0.471 e. The summed E-state index contributed by atoms with van der Waals surface area (Å²) in [5, 5.41) is 11.6. The fourth-order valence-corrected chi connectivity index (χ4v) is 3.53. The SMILES string of the molecule is CC(C)OCCCn1c(-c2ccc(NC(=O)C(F)(F)F)cc2)c(C#N)c2nc[nH]c(=S)c21. The molecule has 0 saturated heterocycles.